The van der Waals surface area contributed by atoms with Crippen LogP contribution < -0.4 is 0 Å². The molecule has 2 nitrogen and oxygen atoms in total. The smallest absolute Gasteiger partial charge is 0.145 e. The lowest BCUT2D eigenvalue weighted by Crippen LogP contribution is -2.29. The van der Waals surface area contributed by atoms with Gasteiger partial charge in [-0.25, -0.2) is 4.98 Å². The Bertz CT molecular complexity index is 2690. The maximum Gasteiger partial charge on any atom is 0.145 e. The zero-order valence-electron chi connectivity index (χ0n) is 29.8. The van der Waals surface area contributed by atoms with E-state index < -0.39 is 0 Å². The van der Waals surface area contributed by atoms with E-state index >= 15 is 0 Å². The van der Waals surface area contributed by atoms with Gasteiger partial charge in [0.05, 0.1) is 11.0 Å². The second kappa shape index (κ2) is 12.3. The second-order valence-electron chi connectivity index (χ2n) is 15.3. The van der Waals surface area contributed by atoms with Crippen molar-refractivity contribution in [2.24, 2.45) is 17.8 Å². The molecule has 0 saturated heterocycles. The van der Waals surface area contributed by atoms with Crippen molar-refractivity contribution < 1.29 is 0 Å². The molecular formula is C51H40N2. The average molecular weight is 681 g/mol. The third-order valence-corrected chi connectivity index (χ3v) is 12.5. The van der Waals surface area contributed by atoms with Crippen LogP contribution in [-0.2, 0) is 0 Å². The van der Waals surface area contributed by atoms with Gasteiger partial charge in [-0.3, -0.25) is 4.57 Å². The first-order valence-corrected chi connectivity index (χ1v) is 19.4. The Balaban J connectivity index is 1.04. The van der Waals surface area contributed by atoms with Crippen LogP contribution >= 0.6 is 0 Å². The number of allylic oxidation sites excluding steroid dienone is 10. The van der Waals surface area contributed by atoms with Crippen molar-refractivity contribution in [1.29, 1.82) is 0 Å². The van der Waals surface area contributed by atoms with Crippen molar-refractivity contribution in [3.63, 3.8) is 0 Å². The molecule has 3 atom stereocenters. The van der Waals surface area contributed by atoms with Crippen molar-refractivity contribution in [2.45, 2.75) is 32.1 Å². The number of aromatic nitrogens is 2. The molecule has 0 spiro atoms. The molecule has 1 aromatic heterocycles. The number of benzene rings is 6. The summed E-state index contributed by atoms with van der Waals surface area (Å²) in [5.74, 6) is 2.98. The van der Waals surface area contributed by atoms with Crippen molar-refractivity contribution in [3.05, 3.63) is 186 Å². The number of fused-ring (bicyclic) bond motifs is 7. The fraction of sp³-hybridized carbons (Fsp3) is 0.157. The fourth-order valence-corrected chi connectivity index (χ4v) is 10.0. The van der Waals surface area contributed by atoms with Crippen molar-refractivity contribution >= 4 is 38.2 Å². The van der Waals surface area contributed by atoms with Gasteiger partial charge in [0.2, 0.25) is 0 Å². The van der Waals surface area contributed by atoms with E-state index in [0.717, 1.165) is 34.5 Å². The van der Waals surface area contributed by atoms with Gasteiger partial charge in [-0.15, -0.1) is 0 Å². The van der Waals surface area contributed by atoms with Crippen LogP contribution in [0.25, 0.3) is 66.4 Å². The van der Waals surface area contributed by atoms with E-state index in [0.29, 0.717) is 17.8 Å². The van der Waals surface area contributed by atoms with Gasteiger partial charge in [-0.2, -0.15) is 0 Å². The largest absolute Gasteiger partial charge is 0.292 e. The molecule has 4 aliphatic rings. The first-order chi connectivity index (χ1) is 26.3. The molecule has 0 bridgehead atoms. The lowest BCUT2D eigenvalue weighted by Gasteiger charge is -2.41. The zero-order valence-corrected chi connectivity index (χ0v) is 29.8. The van der Waals surface area contributed by atoms with Gasteiger partial charge in [-0.1, -0.05) is 140 Å². The maximum absolute atomic E-state index is 5.08. The fourth-order valence-electron chi connectivity index (χ4n) is 10.0. The Labute approximate surface area is 310 Å². The summed E-state index contributed by atoms with van der Waals surface area (Å²) in [7, 11) is 0. The van der Waals surface area contributed by atoms with Gasteiger partial charge in [0.15, 0.2) is 0 Å². The summed E-state index contributed by atoms with van der Waals surface area (Å²) in [6, 6.07) is 46.3. The molecule has 0 fully saturated rings. The first kappa shape index (κ1) is 30.6. The van der Waals surface area contributed by atoms with Gasteiger partial charge < -0.3 is 0 Å². The SMILES string of the molecule is C1=CC2=CC=C3C=C4C=C(c5c6ccccc6c(-c6ccc(-n7c(-c8ccccc8)nc8ccccc87)cc6)c6ccccc56)CCC4CC3C2CC1. The highest BCUT2D eigenvalue weighted by Gasteiger charge is 2.36. The molecule has 0 N–H and O–H groups in total. The van der Waals surface area contributed by atoms with Crippen LogP contribution in [0.2, 0.25) is 0 Å². The monoisotopic (exact) mass is 680 g/mol. The van der Waals surface area contributed by atoms with Gasteiger partial charge in [0.1, 0.15) is 5.82 Å². The van der Waals surface area contributed by atoms with Crippen LogP contribution in [0, 0.1) is 17.8 Å². The van der Waals surface area contributed by atoms with Gasteiger partial charge in [-0.05, 0) is 135 Å². The summed E-state index contributed by atoms with van der Waals surface area (Å²) in [6.45, 7) is 0. The molecule has 0 aliphatic heterocycles. The number of rotatable bonds is 4. The molecule has 3 unspecified atom stereocenters. The van der Waals surface area contributed by atoms with Crippen molar-refractivity contribution in [1.82, 2.24) is 9.55 Å². The summed E-state index contributed by atoms with van der Waals surface area (Å²) in [5.41, 5.74) is 14.4. The average Bonchev–Trinajstić information content (AvgIpc) is 3.62. The molecule has 2 heteroatoms. The number of hydrogen-bond acceptors (Lipinski definition) is 1. The summed E-state index contributed by atoms with van der Waals surface area (Å²) >= 11 is 0. The maximum atomic E-state index is 5.08. The molecule has 6 aromatic carbocycles. The number of hydrogen-bond donors (Lipinski definition) is 0. The lowest BCUT2D eigenvalue weighted by molar-refractivity contribution is 0.324. The molecule has 7 aromatic rings. The van der Waals surface area contributed by atoms with E-state index in [2.05, 4.69) is 168 Å². The Morgan fingerprint density at radius 2 is 1.23 bits per heavy atom. The summed E-state index contributed by atoms with van der Waals surface area (Å²) in [4.78, 5) is 5.08. The predicted octanol–water partition coefficient (Wildman–Crippen LogP) is 13.2. The van der Waals surface area contributed by atoms with Crippen molar-refractivity contribution in [3.8, 4) is 28.2 Å². The van der Waals surface area contributed by atoms with E-state index in [1.165, 1.54) is 75.1 Å². The van der Waals surface area contributed by atoms with E-state index in [-0.39, 0.29) is 0 Å². The summed E-state index contributed by atoms with van der Waals surface area (Å²) in [5, 5.41) is 5.31. The molecule has 0 saturated carbocycles. The minimum Gasteiger partial charge on any atom is -0.292 e. The molecule has 0 amide bonds. The van der Waals surface area contributed by atoms with E-state index in [1.807, 2.05) is 0 Å². The third-order valence-electron chi connectivity index (χ3n) is 12.5. The Kier molecular flexibility index (Phi) is 7.11. The highest BCUT2D eigenvalue weighted by Crippen LogP contribution is 2.51. The minimum atomic E-state index is 0.650. The van der Waals surface area contributed by atoms with Crippen LogP contribution in [0.4, 0.5) is 0 Å². The highest BCUT2D eigenvalue weighted by molar-refractivity contribution is 6.19. The zero-order chi connectivity index (χ0) is 34.9. The standard InChI is InChI=1S/C51H40N2/c1-2-13-35(14-3-1)51-52-47-20-10-11-21-48(47)53(51)40-28-26-34(27-29-40)49-42-16-6-8-18-44(42)50(45-19-9-7-17-43(45)49)38-25-23-36-32-46-37(30-39(36)31-38)24-22-33-12-4-5-15-41(33)46/h1-4,6-14,16-22,24,26-31,36,41,46H,5,15,23,25,32H2. The summed E-state index contributed by atoms with van der Waals surface area (Å²) < 4.78 is 2.30. The van der Waals surface area contributed by atoms with Crippen molar-refractivity contribution in [2.75, 3.05) is 0 Å². The molecular weight excluding hydrogens is 641 g/mol. The number of imidazole rings is 1. The quantitative estimate of drug-likeness (QED) is 0.169. The highest BCUT2D eigenvalue weighted by atomic mass is 15.1. The van der Waals surface area contributed by atoms with Crippen LogP contribution in [0.3, 0.4) is 0 Å². The van der Waals surface area contributed by atoms with Crippen LogP contribution in [0.15, 0.2) is 181 Å². The van der Waals surface area contributed by atoms with E-state index in [9.17, 15) is 0 Å². The van der Waals surface area contributed by atoms with Crippen LogP contribution in [0.1, 0.15) is 37.7 Å². The van der Waals surface area contributed by atoms with Crippen LogP contribution in [0.5, 0.6) is 0 Å². The molecule has 4 aliphatic carbocycles. The van der Waals surface area contributed by atoms with Gasteiger partial charge in [0, 0.05) is 11.3 Å². The van der Waals surface area contributed by atoms with Crippen LogP contribution in [-0.4, -0.2) is 9.55 Å². The Morgan fingerprint density at radius 3 is 2.00 bits per heavy atom. The number of para-hydroxylation sites is 2. The first-order valence-electron chi connectivity index (χ1n) is 19.4. The van der Waals surface area contributed by atoms with Gasteiger partial charge >= 0.3 is 0 Å². The van der Waals surface area contributed by atoms with E-state index in [4.69, 9.17) is 4.98 Å². The Morgan fingerprint density at radius 1 is 0.547 bits per heavy atom. The molecule has 53 heavy (non-hydrogen) atoms. The Hall–Kier alpha value is -5.99. The summed E-state index contributed by atoms with van der Waals surface area (Å²) in [6.07, 6.45) is 20.8. The predicted molar refractivity (Wildman–Crippen MR) is 222 cm³/mol. The van der Waals surface area contributed by atoms with E-state index in [1.54, 1.807) is 11.1 Å². The molecule has 11 rings (SSSR count). The third kappa shape index (κ3) is 4.96. The molecule has 0 radical (unpaired) electrons. The normalized spacial score (nSPS) is 20.6. The minimum absolute atomic E-state index is 0.650. The lowest BCUT2D eigenvalue weighted by atomic mass is 9.64. The molecule has 254 valence electrons. The second-order valence-corrected chi connectivity index (χ2v) is 15.3. The number of nitrogens with zero attached hydrogens (tertiary/aromatic N) is 2. The molecule has 1 heterocycles. The van der Waals surface area contributed by atoms with Gasteiger partial charge in [0.25, 0.3) is 0 Å². The topological polar surface area (TPSA) is 17.8 Å².